The largest absolute Gasteiger partial charge is 0.478 e. The van der Waals surface area contributed by atoms with Crippen molar-refractivity contribution in [1.82, 2.24) is 4.98 Å². The van der Waals surface area contributed by atoms with Crippen LogP contribution in [0.2, 0.25) is 5.02 Å². The molecule has 0 unspecified atom stereocenters. The molecule has 19 heavy (non-hydrogen) atoms. The summed E-state index contributed by atoms with van der Waals surface area (Å²) in [7, 11) is 0. The van der Waals surface area contributed by atoms with Crippen molar-refractivity contribution in [2.75, 3.05) is 6.61 Å². The zero-order valence-electron chi connectivity index (χ0n) is 10.0. The molecule has 1 aromatic carbocycles. The summed E-state index contributed by atoms with van der Waals surface area (Å²) in [4.78, 5) is 14.7. The van der Waals surface area contributed by atoms with Gasteiger partial charge in [-0.05, 0) is 17.7 Å². The first-order chi connectivity index (χ1) is 9.16. The molecular formula is C14H12ClNO3. The maximum absolute atomic E-state index is 10.8. The van der Waals surface area contributed by atoms with Crippen molar-refractivity contribution in [1.29, 1.82) is 0 Å². The molecule has 2 rings (SSSR count). The fourth-order valence-electron chi connectivity index (χ4n) is 1.59. The van der Waals surface area contributed by atoms with E-state index in [2.05, 4.69) is 4.98 Å². The number of aromatic carboxylic acids is 1. The molecule has 0 saturated carbocycles. The van der Waals surface area contributed by atoms with Gasteiger partial charge in [-0.25, -0.2) is 9.78 Å². The monoisotopic (exact) mass is 277 g/mol. The SMILES string of the molecule is O=C(O)c1ccnc(OCCc2ccccc2Cl)c1. The maximum Gasteiger partial charge on any atom is 0.335 e. The van der Waals surface area contributed by atoms with Crippen LogP contribution in [0.3, 0.4) is 0 Å². The molecule has 0 fully saturated rings. The minimum Gasteiger partial charge on any atom is -0.478 e. The second-order valence-corrected chi connectivity index (χ2v) is 4.28. The van der Waals surface area contributed by atoms with E-state index >= 15 is 0 Å². The van der Waals surface area contributed by atoms with Gasteiger partial charge in [0.15, 0.2) is 0 Å². The third-order valence-electron chi connectivity index (χ3n) is 2.56. The van der Waals surface area contributed by atoms with Crippen molar-refractivity contribution in [2.45, 2.75) is 6.42 Å². The predicted molar refractivity (Wildman–Crippen MR) is 71.8 cm³/mol. The third-order valence-corrected chi connectivity index (χ3v) is 2.93. The third kappa shape index (κ3) is 3.69. The molecule has 1 aromatic heterocycles. The molecule has 0 spiro atoms. The Kier molecular flexibility index (Phi) is 4.36. The molecule has 4 nitrogen and oxygen atoms in total. The van der Waals surface area contributed by atoms with E-state index in [1.54, 1.807) is 0 Å². The van der Waals surface area contributed by atoms with Gasteiger partial charge in [-0.1, -0.05) is 29.8 Å². The van der Waals surface area contributed by atoms with Crippen LogP contribution < -0.4 is 4.74 Å². The summed E-state index contributed by atoms with van der Waals surface area (Å²) in [6.07, 6.45) is 2.05. The van der Waals surface area contributed by atoms with Gasteiger partial charge in [-0.15, -0.1) is 0 Å². The second-order valence-electron chi connectivity index (χ2n) is 3.88. The Balaban J connectivity index is 1.94. The molecule has 0 saturated heterocycles. The van der Waals surface area contributed by atoms with E-state index in [0.29, 0.717) is 23.9 Å². The number of ether oxygens (including phenoxy) is 1. The highest BCUT2D eigenvalue weighted by atomic mass is 35.5. The molecule has 98 valence electrons. The van der Waals surface area contributed by atoms with E-state index in [4.69, 9.17) is 21.4 Å². The van der Waals surface area contributed by atoms with E-state index in [-0.39, 0.29) is 5.56 Å². The zero-order valence-corrected chi connectivity index (χ0v) is 10.8. The van der Waals surface area contributed by atoms with Crippen molar-refractivity contribution in [3.63, 3.8) is 0 Å². The van der Waals surface area contributed by atoms with Gasteiger partial charge >= 0.3 is 5.97 Å². The molecular weight excluding hydrogens is 266 g/mol. The van der Waals surface area contributed by atoms with E-state index in [0.717, 1.165) is 5.56 Å². The van der Waals surface area contributed by atoms with Gasteiger partial charge in [0.1, 0.15) is 0 Å². The van der Waals surface area contributed by atoms with Crippen LogP contribution in [0.4, 0.5) is 0 Å². The minimum absolute atomic E-state index is 0.155. The number of nitrogens with zero attached hydrogens (tertiary/aromatic N) is 1. The fraction of sp³-hybridized carbons (Fsp3) is 0.143. The molecule has 0 amide bonds. The lowest BCUT2D eigenvalue weighted by atomic mass is 10.2. The van der Waals surface area contributed by atoms with Gasteiger partial charge in [-0.2, -0.15) is 0 Å². The van der Waals surface area contributed by atoms with Gasteiger partial charge in [0.2, 0.25) is 5.88 Å². The Labute approximate surface area is 115 Å². The van der Waals surface area contributed by atoms with Crippen LogP contribution in [0.5, 0.6) is 5.88 Å². The Morgan fingerprint density at radius 3 is 2.84 bits per heavy atom. The Morgan fingerprint density at radius 2 is 2.11 bits per heavy atom. The number of aromatic nitrogens is 1. The van der Waals surface area contributed by atoms with Crippen molar-refractivity contribution < 1.29 is 14.6 Å². The molecule has 2 aromatic rings. The smallest absolute Gasteiger partial charge is 0.335 e. The topological polar surface area (TPSA) is 59.4 Å². The standard InChI is InChI=1S/C14H12ClNO3/c15-12-4-2-1-3-10(12)6-8-19-13-9-11(14(17)18)5-7-16-13/h1-5,7,9H,6,8H2,(H,17,18). The van der Waals surface area contributed by atoms with Gasteiger partial charge in [0, 0.05) is 23.7 Å². The average molecular weight is 278 g/mol. The normalized spacial score (nSPS) is 10.2. The van der Waals surface area contributed by atoms with Crippen molar-refractivity contribution in [3.05, 3.63) is 58.7 Å². The summed E-state index contributed by atoms with van der Waals surface area (Å²) in [5.74, 6) is -0.703. The number of pyridine rings is 1. The summed E-state index contributed by atoms with van der Waals surface area (Å²) >= 11 is 6.02. The summed E-state index contributed by atoms with van der Waals surface area (Å²) in [6.45, 7) is 0.389. The Morgan fingerprint density at radius 1 is 1.32 bits per heavy atom. The van der Waals surface area contributed by atoms with Crippen LogP contribution in [0.25, 0.3) is 0 Å². The number of carboxylic acids is 1. The highest BCUT2D eigenvalue weighted by Crippen LogP contribution is 2.16. The van der Waals surface area contributed by atoms with Crippen LogP contribution in [-0.4, -0.2) is 22.7 Å². The van der Waals surface area contributed by atoms with Crippen LogP contribution in [-0.2, 0) is 6.42 Å². The molecule has 1 heterocycles. The summed E-state index contributed by atoms with van der Waals surface area (Å²) < 4.78 is 5.42. The fourth-order valence-corrected chi connectivity index (χ4v) is 1.82. The van der Waals surface area contributed by atoms with Gasteiger partial charge in [0.05, 0.1) is 12.2 Å². The highest BCUT2D eigenvalue weighted by molar-refractivity contribution is 6.31. The number of hydrogen-bond acceptors (Lipinski definition) is 3. The van der Waals surface area contributed by atoms with Gasteiger partial charge in [0.25, 0.3) is 0 Å². The predicted octanol–water partition coefficient (Wildman–Crippen LogP) is 3.05. The Bertz CT molecular complexity index is 586. The molecule has 0 aliphatic rings. The lowest BCUT2D eigenvalue weighted by Crippen LogP contribution is -2.04. The lowest BCUT2D eigenvalue weighted by molar-refractivity contribution is 0.0696. The molecule has 0 aliphatic carbocycles. The number of benzene rings is 1. The van der Waals surface area contributed by atoms with Crippen molar-refractivity contribution in [2.24, 2.45) is 0 Å². The molecule has 0 radical (unpaired) electrons. The highest BCUT2D eigenvalue weighted by Gasteiger charge is 2.05. The number of carboxylic acid groups (broad SMARTS) is 1. The zero-order chi connectivity index (χ0) is 13.7. The summed E-state index contributed by atoms with van der Waals surface area (Å²) in [5, 5.41) is 9.54. The van der Waals surface area contributed by atoms with Crippen molar-refractivity contribution >= 4 is 17.6 Å². The van der Waals surface area contributed by atoms with E-state index in [1.165, 1.54) is 18.3 Å². The van der Waals surface area contributed by atoms with Crippen molar-refractivity contribution in [3.8, 4) is 5.88 Å². The summed E-state index contributed by atoms with van der Waals surface area (Å²) in [5.41, 5.74) is 1.14. The number of rotatable bonds is 5. The van der Waals surface area contributed by atoms with E-state index in [9.17, 15) is 4.79 Å². The van der Waals surface area contributed by atoms with E-state index < -0.39 is 5.97 Å². The number of halogens is 1. The van der Waals surface area contributed by atoms with E-state index in [1.807, 2.05) is 24.3 Å². The number of hydrogen-bond donors (Lipinski definition) is 1. The number of carbonyl (C=O) groups is 1. The first-order valence-electron chi connectivity index (χ1n) is 5.72. The van der Waals surface area contributed by atoms with Crippen LogP contribution in [0, 0.1) is 0 Å². The Hall–Kier alpha value is -2.07. The maximum atomic E-state index is 10.8. The first-order valence-corrected chi connectivity index (χ1v) is 6.10. The minimum atomic E-state index is -1.00. The molecule has 1 N–H and O–H groups in total. The van der Waals surface area contributed by atoms with Gasteiger partial charge < -0.3 is 9.84 Å². The molecule has 0 atom stereocenters. The lowest BCUT2D eigenvalue weighted by Gasteiger charge is -2.07. The first kappa shape index (κ1) is 13.4. The van der Waals surface area contributed by atoms with Crippen LogP contribution in [0.1, 0.15) is 15.9 Å². The van der Waals surface area contributed by atoms with Gasteiger partial charge in [-0.3, -0.25) is 0 Å². The second kappa shape index (κ2) is 6.20. The quantitative estimate of drug-likeness (QED) is 0.912. The van der Waals surface area contributed by atoms with Crippen LogP contribution in [0.15, 0.2) is 42.6 Å². The average Bonchev–Trinajstić information content (AvgIpc) is 2.41. The molecule has 0 aliphatic heterocycles. The molecule has 5 heteroatoms. The summed E-state index contributed by atoms with van der Waals surface area (Å²) in [6, 6.07) is 10.3. The molecule has 0 bridgehead atoms. The van der Waals surface area contributed by atoms with Crippen LogP contribution >= 0.6 is 11.6 Å².